The van der Waals surface area contributed by atoms with E-state index in [-0.39, 0.29) is 4.90 Å². The van der Waals surface area contributed by atoms with E-state index in [4.69, 9.17) is 5.26 Å². The van der Waals surface area contributed by atoms with E-state index in [0.29, 0.717) is 29.9 Å². The van der Waals surface area contributed by atoms with Crippen LogP contribution >= 0.6 is 0 Å². The van der Waals surface area contributed by atoms with Gasteiger partial charge in [0.15, 0.2) is 0 Å². The zero-order chi connectivity index (χ0) is 18.6. The van der Waals surface area contributed by atoms with Gasteiger partial charge >= 0.3 is 0 Å². The number of hydrogen-bond donors (Lipinski definition) is 1. The van der Waals surface area contributed by atoms with Gasteiger partial charge in [-0.25, -0.2) is 8.42 Å². The first-order chi connectivity index (χ1) is 12.5. The molecule has 3 rings (SSSR count). The maximum absolute atomic E-state index is 12.6. The number of hydrogen-bond acceptors (Lipinski definition) is 4. The molecule has 0 bridgehead atoms. The fourth-order valence-electron chi connectivity index (χ4n) is 2.92. The quantitative estimate of drug-likeness (QED) is 0.897. The topological polar surface area (TPSA) is 90.3 Å². The fourth-order valence-corrected chi connectivity index (χ4v) is 4.43. The molecular formula is C19H19N3O3S. The minimum absolute atomic E-state index is 0.188. The number of anilines is 1. The predicted octanol–water partition coefficient (Wildman–Crippen LogP) is 2.99. The number of carbonyl (C=O) groups excluding carboxylic acids is 1. The first-order valence-corrected chi connectivity index (χ1v) is 9.87. The molecule has 0 spiro atoms. The monoisotopic (exact) mass is 369 g/mol. The SMILES string of the molecule is N#Cc1ccccc1NC(=O)c1ccc(S(=O)(=O)N2CCCCC2)cc1. The number of rotatable bonds is 4. The fraction of sp³-hybridized carbons (Fsp3) is 0.263. The van der Waals surface area contributed by atoms with Crippen molar-refractivity contribution >= 4 is 21.6 Å². The lowest BCUT2D eigenvalue weighted by Crippen LogP contribution is -2.35. The molecule has 2 aromatic carbocycles. The highest BCUT2D eigenvalue weighted by Gasteiger charge is 2.25. The molecule has 1 saturated heterocycles. The van der Waals surface area contributed by atoms with Crippen LogP contribution in [0.4, 0.5) is 5.69 Å². The molecule has 1 aliphatic heterocycles. The van der Waals surface area contributed by atoms with Gasteiger partial charge < -0.3 is 5.32 Å². The molecule has 1 heterocycles. The van der Waals surface area contributed by atoms with Gasteiger partial charge in [-0.05, 0) is 49.2 Å². The summed E-state index contributed by atoms with van der Waals surface area (Å²) >= 11 is 0. The lowest BCUT2D eigenvalue weighted by molar-refractivity contribution is 0.102. The average Bonchev–Trinajstić information content (AvgIpc) is 2.69. The predicted molar refractivity (Wildman–Crippen MR) is 98.2 cm³/mol. The van der Waals surface area contributed by atoms with Crippen molar-refractivity contribution in [2.45, 2.75) is 24.2 Å². The van der Waals surface area contributed by atoms with Crippen LogP contribution in [0.5, 0.6) is 0 Å². The summed E-state index contributed by atoms with van der Waals surface area (Å²) in [6, 6.07) is 14.6. The molecule has 1 aliphatic rings. The number of carbonyl (C=O) groups is 1. The van der Waals surface area contributed by atoms with Crippen molar-refractivity contribution in [3.05, 3.63) is 59.7 Å². The summed E-state index contributed by atoms with van der Waals surface area (Å²) in [4.78, 5) is 12.6. The Bertz CT molecular complexity index is 941. The Kier molecular flexibility index (Phi) is 5.35. The molecular weight excluding hydrogens is 350 g/mol. The van der Waals surface area contributed by atoms with Crippen LogP contribution in [-0.2, 0) is 10.0 Å². The van der Waals surface area contributed by atoms with Crippen molar-refractivity contribution in [3.63, 3.8) is 0 Å². The van der Waals surface area contributed by atoms with Gasteiger partial charge in [-0.3, -0.25) is 4.79 Å². The van der Waals surface area contributed by atoms with Gasteiger partial charge in [0.2, 0.25) is 10.0 Å². The second kappa shape index (κ2) is 7.68. The van der Waals surface area contributed by atoms with Crippen LogP contribution in [-0.4, -0.2) is 31.7 Å². The molecule has 26 heavy (non-hydrogen) atoms. The standard InChI is InChI=1S/C19H19N3O3S/c20-14-16-6-2-3-7-18(16)21-19(23)15-8-10-17(11-9-15)26(24,25)22-12-4-1-5-13-22/h2-3,6-11H,1,4-5,12-13H2,(H,21,23). The maximum Gasteiger partial charge on any atom is 0.255 e. The summed E-state index contributed by atoms with van der Waals surface area (Å²) in [5.41, 5.74) is 1.12. The molecule has 2 aromatic rings. The summed E-state index contributed by atoms with van der Waals surface area (Å²) in [6.45, 7) is 1.07. The van der Waals surface area contributed by atoms with Crippen LogP contribution in [0.2, 0.25) is 0 Å². The summed E-state index contributed by atoms with van der Waals surface area (Å²) in [7, 11) is -3.52. The first kappa shape index (κ1) is 18.1. The molecule has 0 aromatic heterocycles. The summed E-state index contributed by atoms with van der Waals surface area (Å²) in [5, 5.41) is 11.8. The Morgan fingerprint density at radius 2 is 1.65 bits per heavy atom. The number of amides is 1. The molecule has 134 valence electrons. The number of nitrogens with one attached hydrogen (secondary N) is 1. The third-order valence-electron chi connectivity index (χ3n) is 4.37. The first-order valence-electron chi connectivity index (χ1n) is 8.43. The number of sulfonamides is 1. The van der Waals surface area contributed by atoms with Crippen molar-refractivity contribution in [1.82, 2.24) is 4.31 Å². The smallest absolute Gasteiger partial charge is 0.255 e. The molecule has 0 aliphatic carbocycles. The Balaban J connectivity index is 1.77. The lowest BCUT2D eigenvalue weighted by Gasteiger charge is -2.25. The number of benzene rings is 2. The van der Waals surface area contributed by atoms with Gasteiger partial charge in [0.05, 0.1) is 16.1 Å². The maximum atomic E-state index is 12.6. The zero-order valence-corrected chi connectivity index (χ0v) is 15.0. The van der Waals surface area contributed by atoms with E-state index < -0.39 is 15.9 Å². The van der Waals surface area contributed by atoms with Crippen LogP contribution in [0.15, 0.2) is 53.4 Å². The normalized spacial score (nSPS) is 15.2. The van der Waals surface area contributed by atoms with Gasteiger partial charge in [-0.15, -0.1) is 0 Å². The minimum Gasteiger partial charge on any atom is -0.321 e. The van der Waals surface area contributed by atoms with E-state index in [9.17, 15) is 13.2 Å². The third-order valence-corrected chi connectivity index (χ3v) is 6.28. The summed E-state index contributed by atoms with van der Waals surface area (Å²) in [5.74, 6) is -0.394. The Morgan fingerprint density at radius 1 is 1.00 bits per heavy atom. The highest BCUT2D eigenvalue weighted by molar-refractivity contribution is 7.89. The molecule has 7 heteroatoms. The van der Waals surface area contributed by atoms with E-state index in [0.717, 1.165) is 19.3 Å². The number of para-hydroxylation sites is 1. The minimum atomic E-state index is -3.52. The van der Waals surface area contributed by atoms with E-state index in [2.05, 4.69) is 5.32 Å². The lowest BCUT2D eigenvalue weighted by atomic mass is 10.1. The van der Waals surface area contributed by atoms with Crippen molar-refractivity contribution in [1.29, 1.82) is 5.26 Å². The van der Waals surface area contributed by atoms with E-state index in [1.807, 2.05) is 6.07 Å². The van der Waals surface area contributed by atoms with Crippen molar-refractivity contribution in [2.24, 2.45) is 0 Å². The molecule has 0 saturated carbocycles. The second-order valence-corrected chi connectivity index (χ2v) is 8.04. The van der Waals surface area contributed by atoms with Crippen molar-refractivity contribution < 1.29 is 13.2 Å². The highest BCUT2D eigenvalue weighted by atomic mass is 32.2. The third kappa shape index (κ3) is 3.77. The van der Waals surface area contributed by atoms with Gasteiger partial charge in [-0.1, -0.05) is 18.6 Å². The highest BCUT2D eigenvalue weighted by Crippen LogP contribution is 2.21. The zero-order valence-electron chi connectivity index (χ0n) is 14.2. The van der Waals surface area contributed by atoms with E-state index >= 15 is 0 Å². The van der Waals surface area contributed by atoms with E-state index in [1.165, 1.54) is 28.6 Å². The molecule has 1 fully saturated rings. The van der Waals surface area contributed by atoms with Crippen LogP contribution < -0.4 is 5.32 Å². The average molecular weight is 369 g/mol. The van der Waals surface area contributed by atoms with Crippen LogP contribution in [0, 0.1) is 11.3 Å². The van der Waals surface area contributed by atoms with Gasteiger partial charge in [0, 0.05) is 18.7 Å². The Labute approximate surface area is 153 Å². The molecule has 1 N–H and O–H groups in total. The van der Waals surface area contributed by atoms with Crippen LogP contribution in [0.3, 0.4) is 0 Å². The molecule has 0 unspecified atom stereocenters. The van der Waals surface area contributed by atoms with Crippen LogP contribution in [0.25, 0.3) is 0 Å². The Morgan fingerprint density at radius 3 is 2.31 bits per heavy atom. The molecule has 6 nitrogen and oxygen atoms in total. The van der Waals surface area contributed by atoms with Gasteiger partial charge in [0.1, 0.15) is 6.07 Å². The summed E-state index contributed by atoms with van der Waals surface area (Å²) < 4.78 is 26.8. The number of piperidine rings is 1. The summed E-state index contributed by atoms with van der Waals surface area (Å²) in [6.07, 6.45) is 2.80. The second-order valence-electron chi connectivity index (χ2n) is 6.10. The van der Waals surface area contributed by atoms with Gasteiger partial charge in [0.25, 0.3) is 5.91 Å². The molecule has 0 radical (unpaired) electrons. The molecule has 1 amide bonds. The number of nitrogens with zero attached hydrogens (tertiary/aromatic N) is 2. The number of nitriles is 1. The largest absolute Gasteiger partial charge is 0.321 e. The Hall–Kier alpha value is -2.69. The van der Waals surface area contributed by atoms with E-state index in [1.54, 1.807) is 24.3 Å². The van der Waals surface area contributed by atoms with Crippen LogP contribution in [0.1, 0.15) is 35.2 Å². The van der Waals surface area contributed by atoms with Crippen molar-refractivity contribution in [2.75, 3.05) is 18.4 Å². The van der Waals surface area contributed by atoms with Gasteiger partial charge in [-0.2, -0.15) is 9.57 Å². The molecule has 0 atom stereocenters. The van der Waals surface area contributed by atoms with Crippen molar-refractivity contribution in [3.8, 4) is 6.07 Å².